The second kappa shape index (κ2) is 9.27. The fraction of sp³-hybridized carbons (Fsp3) is 0.409. The van der Waals surface area contributed by atoms with Crippen molar-refractivity contribution in [3.05, 3.63) is 58.7 Å². The van der Waals surface area contributed by atoms with Gasteiger partial charge in [-0.2, -0.15) is 0 Å². The molecule has 0 saturated heterocycles. The van der Waals surface area contributed by atoms with Gasteiger partial charge in [0.2, 0.25) is 0 Å². The van der Waals surface area contributed by atoms with E-state index in [2.05, 4.69) is 25.2 Å². The SMILES string of the molecule is CC[C@H](Oc1ccc(C)c(C)c1)C(=O)NCCOc1cccc(C)c1C. The number of hydrogen-bond donors (Lipinski definition) is 1. The molecule has 4 heteroatoms. The lowest BCUT2D eigenvalue weighted by Crippen LogP contribution is -2.39. The molecule has 2 aromatic rings. The van der Waals surface area contributed by atoms with E-state index in [0.29, 0.717) is 19.6 Å². The van der Waals surface area contributed by atoms with Gasteiger partial charge in [0.05, 0.1) is 6.54 Å². The molecule has 0 aliphatic rings. The Morgan fingerprint density at radius 3 is 2.50 bits per heavy atom. The third-order valence-corrected chi connectivity index (χ3v) is 4.63. The van der Waals surface area contributed by atoms with Crippen LogP contribution in [0.25, 0.3) is 0 Å². The number of rotatable bonds is 8. The van der Waals surface area contributed by atoms with E-state index in [1.807, 2.05) is 51.1 Å². The van der Waals surface area contributed by atoms with Crippen molar-refractivity contribution in [3.8, 4) is 11.5 Å². The van der Waals surface area contributed by atoms with Crippen molar-refractivity contribution in [2.75, 3.05) is 13.2 Å². The van der Waals surface area contributed by atoms with Crippen molar-refractivity contribution < 1.29 is 14.3 Å². The molecular formula is C22H29NO3. The van der Waals surface area contributed by atoms with Gasteiger partial charge in [0.1, 0.15) is 18.1 Å². The summed E-state index contributed by atoms with van der Waals surface area (Å²) < 4.78 is 11.6. The Balaban J connectivity index is 1.83. The van der Waals surface area contributed by atoms with Crippen molar-refractivity contribution in [2.24, 2.45) is 0 Å². The maximum Gasteiger partial charge on any atom is 0.261 e. The van der Waals surface area contributed by atoms with Crippen LogP contribution in [0.4, 0.5) is 0 Å². The quantitative estimate of drug-likeness (QED) is 0.719. The van der Waals surface area contributed by atoms with Crippen molar-refractivity contribution in [2.45, 2.75) is 47.1 Å². The summed E-state index contributed by atoms with van der Waals surface area (Å²) in [6.45, 7) is 11.0. The van der Waals surface area contributed by atoms with E-state index < -0.39 is 6.10 Å². The summed E-state index contributed by atoms with van der Waals surface area (Å²) in [5.74, 6) is 1.47. The number of ether oxygens (including phenoxy) is 2. The molecule has 0 spiro atoms. The molecule has 0 saturated carbocycles. The normalized spacial score (nSPS) is 11.7. The Kier molecular flexibility index (Phi) is 7.07. The standard InChI is InChI=1S/C22H29NO3/c1-6-20(26-19-11-10-15(2)17(4)14-19)22(24)23-12-13-25-21-9-7-8-16(3)18(21)5/h7-11,14,20H,6,12-13H2,1-5H3,(H,23,24)/t20-/m0/s1. The first-order valence-electron chi connectivity index (χ1n) is 9.13. The minimum atomic E-state index is -0.502. The van der Waals surface area contributed by atoms with Crippen molar-refractivity contribution in [1.82, 2.24) is 5.32 Å². The summed E-state index contributed by atoms with van der Waals surface area (Å²) in [6, 6.07) is 11.9. The third-order valence-electron chi connectivity index (χ3n) is 4.63. The van der Waals surface area contributed by atoms with Crippen LogP contribution in [-0.2, 0) is 4.79 Å². The van der Waals surface area contributed by atoms with Gasteiger partial charge in [-0.1, -0.05) is 25.1 Å². The number of amides is 1. The van der Waals surface area contributed by atoms with Gasteiger partial charge < -0.3 is 14.8 Å². The lowest BCUT2D eigenvalue weighted by Gasteiger charge is -2.18. The molecule has 4 nitrogen and oxygen atoms in total. The summed E-state index contributed by atoms with van der Waals surface area (Å²) in [5, 5.41) is 2.90. The predicted octanol–water partition coefficient (Wildman–Crippen LogP) is 4.27. The highest BCUT2D eigenvalue weighted by Gasteiger charge is 2.18. The molecule has 0 fully saturated rings. The van der Waals surface area contributed by atoms with Gasteiger partial charge in [-0.3, -0.25) is 4.79 Å². The second-order valence-corrected chi connectivity index (χ2v) is 6.60. The van der Waals surface area contributed by atoms with Gasteiger partial charge >= 0.3 is 0 Å². The second-order valence-electron chi connectivity index (χ2n) is 6.60. The highest BCUT2D eigenvalue weighted by atomic mass is 16.5. The summed E-state index contributed by atoms with van der Waals surface area (Å²) in [5.41, 5.74) is 4.68. The van der Waals surface area contributed by atoms with Crippen LogP contribution < -0.4 is 14.8 Å². The minimum absolute atomic E-state index is 0.115. The zero-order valence-electron chi connectivity index (χ0n) is 16.4. The predicted molar refractivity (Wildman–Crippen MR) is 105 cm³/mol. The molecule has 1 N–H and O–H groups in total. The smallest absolute Gasteiger partial charge is 0.261 e. The van der Waals surface area contributed by atoms with E-state index in [-0.39, 0.29) is 5.91 Å². The van der Waals surface area contributed by atoms with Gasteiger partial charge in [-0.25, -0.2) is 0 Å². The lowest BCUT2D eigenvalue weighted by molar-refractivity contribution is -0.128. The lowest BCUT2D eigenvalue weighted by atomic mass is 10.1. The van der Waals surface area contributed by atoms with Crippen LogP contribution in [0.15, 0.2) is 36.4 Å². The Morgan fingerprint density at radius 1 is 1.04 bits per heavy atom. The first kappa shape index (κ1) is 19.8. The number of benzene rings is 2. The summed E-state index contributed by atoms with van der Waals surface area (Å²) in [4.78, 5) is 12.4. The van der Waals surface area contributed by atoms with E-state index in [4.69, 9.17) is 9.47 Å². The van der Waals surface area contributed by atoms with Crippen LogP contribution in [0.5, 0.6) is 11.5 Å². The molecule has 0 aliphatic carbocycles. The van der Waals surface area contributed by atoms with Gasteiger partial charge in [0.25, 0.3) is 5.91 Å². The van der Waals surface area contributed by atoms with Crippen molar-refractivity contribution in [1.29, 1.82) is 0 Å². The van der Waals surface area contributed by atoms with Gasteiger partial charge in [0.15, 0.2) is 6.10 Å². The third kappa shape index (κ3) is 5.25. The first-order chi connectivity index (χ1) is 12.4. The molecule has 0 unspecified atom stereocenters. The molecule has 1 atom stereocenters. The maximum absolute atomic E-state index is 12.4. The van der Waals surface area contributed by atoms with Gasteiger partial charge in [-0.15, -0.1) is 0 Å². The van der Waals surface area contributed by atoms with Crippen molar-refractivity contribution >= 4 is 5.91 Å². The van der Waals surface area contributed by atoms with Crippen LogP contribution in [0.3, 0.4) is 0 Å². The fourth-order valence-electron chi connectivity index (χ4n) is 2.60. The first-order valence-corrected chi connectivity index (χ1v) is 9.13. The van der Waals surface area contributed by atoms with Crippen LogP contribution in [0, 0.1) is 27.7 Å². The molecule has 1 amide bonds. The van der Waals surface area contributed by atoms with Crippen LogP contribution >= 0.6 is 0 Å². The summed E-state index contributed by atoms with van der Waals surface area (Å²) >= 11 is 0. The monoisotopic (exact) mass is 355 g/mol. The Bertz CT molecular complexity index is 755. The molecule has 26 heavy (non-hydrogen) atoms. The van der Waals surface area contributed by atoms with E-state index in [1.165, 1.54) is 11.1 Å². The molecule has 2 aromatic carbocycles. The average Bonchev–Trinajstić information content (AvgIpc) is 2.62. The Labute approximate surface area is 156 Å². The molecule has 2 rings (SSSR count). The molecule has 140 valence electrons. The van der Waals surface area contributed by atoms with Gasteiger partial charge in [-0.05, 0) is 74.6 Å². The number of carbonyl (C=O) groups excluding carboxylic acids is 1. The topological polar surface area (TPSA) is 47.6 Å². The van der Waals surface area contributed by atoms with E-state index in [9.17, 15) is 4.79 Å². The van der Waals surface area contributed by atoms with Crippen molar-refractivity contribution in [3.63, 3.8) is 0 Å². The van der Waals surface area contributed by atoms with E-state index in [1.54, 1.807) is 0 Å². The zero-order chi connectivity index (χ0) is 19.1. The molecule has 0 aliphatic heterocycles. The fourth-order valence-corrected chi connectivity index (χ4v) is 2.60. The molecule has 0 aromatic heterocycles. The minimum Gasteiger partial charge on any atom is -0.491 e. The largest absolute Gasteiger partial charge is 0.491 e. The molecular weight excluding hydrogens is 326 g/mol. The van der Waals surface area contributed by atoms with Crippen LogP contribution in [0.1, 0.15) is 35.6 Å². The number of nitrogens with one attached hydrogen (secondary N) is 1. The van der Waals surface area contributed by atoms with E-state index >= 15 is 0 Å². The summed E-state index contributed by atoms with van der Waals surface area (Å²) in [7, 11) is 0. The van der Waals surface area contributed by atoms with E-state index in [0.717, 1.165) is 22.6 Å². The van der Waals surface area contributed by atoms with Crippen LogP contribution in [-0.4, -0.2) is 25.2 Å². The van der Waals surface area contributed by atoms with Crippen LogP contribution in [0.2, 0.25) is 0 Å². The summed E-state index contributed by atoms with van der Waals surface area (Å²) in [6.07, 6.45) is 0.106. The highest BCUT2D eigenvalue weighted by molar-refractivity contribution is 5.81. The molecule has 0 bridgehead atoms. The van der Waals surface area contributed by atoms with Gasteiger partial charge in [0, 0.05) is 0 Å². The molecule has 0 heterocycles. The average molecular weight is 355 g/mol. The number of aryl methyl sites for hydroxylation is 3. The molecule has 0 radical (unpaired) electrons. The number of carbonyl (C=O) groups is 1. The zero-order valence-corrected chi connectivity index (χ0v) is 16.4. The number of hydrogen-bond acceptors (Lipinski definition) is 3. The Hall–Kier alpha value is -2.49. The maximum atomic E-state index is 12.4. The Morgan fingerprint density at radius 2 is 1.81 bits per heavy atom. The highest BCUT2D eigenvalue weighted by Crippen LogP contribution is 2.20.